The zero-order chi connectivity index (χ0) is 14.7. The molecule has 0 aliphatic rings. The van der Waals surface area contributed by atoms with Crippen LogP contribution in [0, 0.1) is 10.1 Å². The van der Waals surface area contributed by atoms with E-state index in [1.807, 2.05) is 0 Å². The topological polar surface area (TPSA) is 105 Å². The Kier molecular flexibility index (Phi) is 3.81. The highest BCUT2D eigenvalue weighted by atomic mass is 35.5. The van der Waals surface area contributed by atoms with Gasteiger partial charge in [0.15, 0.2) is 0 Å². The summed E-state index contributed by atoms with van der Waals surface area (Å²) in [5.41, 5.74) is 0.512. The highest BCUT2D eigenvalue weighted by Crippen LogP contribution is 2.26. The number of carboxylic acid groups (broad SMARTS) is 1. The lowest BCUT2D eigenvalue weighted by Gasteiger charge is -2.07. The Labute approximate surface area is 118 Å². The predicted molar refractivity (Wildman–Crippen MR) is 72.6 cm³/mol. The second-order valence-corrected chi connectivity index (χ2v) is 4.20. The minimum Gasteiger partial charge on any atom is -0.478 e. The number of benzene rings is 1. The van der Waals surface area contributed by atoms with Crippen molar-refractivity contribution in [1.82, 2.24) is 4.98 Å². The number of anilines is 2. The number of aromatic nitrogens is 1. The second kappa shape index (κ2) is 5.54. The van der Waals surface area contributed by atoms with E-state index in [-0.39, 0.29) is 22.1 Å². The molecule has 0 spiro atoms. The molecule has 8 heteroatoms. The molecule has 0 atom stereocenters. The number of hydrogen-bond acceptors (Lipinski definition) is 5. The molecule has 2 aromatic rings. The molecule has 0 saturated carbocycles. The third kappa shape index (κ3) is 3.01. The molecular weight excluding hydrogens is 286 g/mol. The first kappa shape index (κ1) is 13.8. The lowest BCUT2D eigenvalue weighted by Crippen LogP contribution is -1.98. The highest BCUT2D eigenvalue weighted by Gasteiger charge is 2.11. The zero-order valence-corrected chi connectivity index (χ0v) is 10.7. The van der Waals surface area contributed by atoms with Gasteiger partial charge in [0.25, 0.3) is 5.69 Å². The van der Waals surface area contributed by atoms with Crippen LogP contribution in [-0.4, -0.2) is 21.0 Å². The maximum Gasteiger partial charge on any atom is 0.335 e. The number of aromatic carboxylic acids is 1. The quantitative estimate of drug-likeness (QED) is 0.663. The van der Waals surface area contributed by atoms with Gasteiger partial charge in [0.05, 0.1) is 15.5 Å². The monoisotopic (exact) mass is 293 g/mol. The molecule has 1 aromatic heterocycles. The third-order valence-electron chi connectivity index (χ3n) is 2.43. The number of carbonyl (C=O) groups is 1. The zero-order valence-electron chi connectivity index (χ0n) is 9.91. The van der Waals surface area contributed by atoms with Crippen LogP contribution in [0.3, 0.4) is 0 Å². The van der Waals surface area contributed by atoms with Gasteiger partial charge in [0.2, 0.25) is 0 Å². The first-order valence-electron chi connectivity index (χ1n) is 5.37. The van der Waals surface area contributed by atoms with Gasteiger partial charge >= 0.3 is 5.97 Å². The molecule has 102 valence electrons. The first-order valence-corrected chi connectivity index (χ1v) is 5.75. The summed E-state index contributed by atoms with van der Waals surface area (Å²) in [5, 5.41) is 22.3. The SMILES string of the molecule is O=C(O)c1ccc(Nc2ncc([N+](=O)[O-])cc2Cl)cc1. The van der Waals surface area contributed by atoms with E-state index >= 15 is 0 Å². The lowest BCUT2D eigenvalue weighted by molar-refractivity contribution is -0.385. The van der Waals surface area contributed by atoms with Gasteiger partial charge in [-0.1, -0.05) is 11.6 Å². The van der Waals surface area contributed by atoms with E-state index in [0.717, 1.165) is 6.20 Å². The minimum atomic E-state index is -1.02. The molecule has 0 fully saturated rings. The van der Waals surface area contributed by atoms with E-state index in [9.17, 15) is 14.9 Å². The molecule has 2 rings (SSSR count). The van der Waals surface area contributed by atoms with Crippen molar-refractivity contribution < 1.29 is 14.8 Å². The van der Waals surface area contributed by atoms with Crippen LogP contribution in [0.2, 0.25) is 5.02 Å². The first-order chi connectivity index (χ1) is 9.47. The van der Waals surface area contributed by atoms with Crippen molar-refractivity contribution in [3.8, 4) is 0 Å². The van der Waals surface area contributed by atoms with E-state index in [1.54, 1.807) is 12.1 Å². The molecule has 20 heavy (non-hydrogen) atoms. The van der Waals surface area contributed by atoms with Crippen LogP contribution in [0.15, 0.2) is 36.5 Å². The van der Waals surface area contributed by atoms with E-state index in [0.29, 0.717) is 5.69 Å². The van der Waals surface area contributed by atoms with Gasteiger partial charge < -0.3 is 10.4 Å². The lowest BCUT2D eigenvalue weighted by atomic mass is 10.2. The van der Waals surface area contributed by atoms with Crippen LogP contribution >= 0.6 is 11.6 Å². The van der Waals surface area contributed by atoms with Gasteiger partial charge in [0, 0.05) is 11.8 Å². The predicted octanol–water partition coefficient (Wildman–Crippen LogP) is 3.09. The summed E-state index contributed by atoms with van der Waals surface area (Å²) in [4.78, 5) is 24.5. The fraction of sp³-hybridized carbons (Fsp3) is 0. The number of rotatable bonds is 4. The Bertz CT molecular complexity index is 673. The molecule has 0 amide bonds. The molecule has 7 nitrogen and oxygen atoms in total. The van der Waals surface area contributed by atoms with E-state index in [1.165, 1.54) is 18.2 Å². The van der Waals surface area contributed by atoms with Crippen LogP contribution in [0.4, 0.5) is 17.2 Å². The molecular formula is C12H8ClN3O4. The van der Waals surface area contributed by atoms with Gasteiger partial charge in [-0.15, -0.1) is 0 Å². The average molecular weight is 294 g/mol. The molecule has 0 aliphatic heterocycles. The molecule has 0 unspecified atom stereocenters. The van der Waals surface area contributed by atoms with Crippen molar-refractivity contribution >= 4 is 34.8 Å². The third-order valence-corrected chi connectivity index (χ3v) is 2.72. The maximum absolute atomic E-state index is 10.7. The summed E-state index contributed by atoms with van der Waals surface area (Å²) < 4.78 is 0. The summed E-state index contributed by atoms with van der Waals surface area (Å²) in [6, 6.07) is 7.11. The number of nitrogens with zero attached hydrogens (tertiary/aromatic N) is 2. The molecule has 0 saturated heterocycles. The van der Waals surface area contributed by atoms with Gasteiger partial charge in [-0.3, -0.25) is 10.1 Å². The Morgan fingerprint density at radius 3 is 2.50 bits per heavy atom. The number of hydrogen-bond donors (Lipinski definition) is 2. The van der Waals surface area contributed by atoms with E-state index < -0.39 is 10.9 Å². The number of carboxylic acids is 1. The number of pyridine rings is 1. The van der Waals surface area contributed by atoms with Crippen LogP contribution in [0.25, 0.3) is 0 Å². The Hall–Kier alpha value is -2.67. The summed E-state index contributed by atoms with van der Waals surface area (Å²) in [6.45, 7) is 0. The summed E-state index contributed by atoms with van der Waals surface area (Å²) in [7, 11) is 0. The van der Waals surface area contributed by atoms with Crippen molar-refractivity contribution in [1.29, 1.82) is 0 Å². The van der Waals surface area contributed by atoms with Gasteiger partial charge in [-0.25, -0.2) is 9.78 Å². The number of halogens is 1. The van der Waals surface area contributed by atoms with Crippen LogP contribution in [-0.2, 0) is 0 Å². The van der Waals surface area contributed by atoms with Crippen LogP contribution in [0.1, 0.15) is 10.4 Å². The Morgan fingerprint density at radius 1 is 1.35 bits per heavy atom. The maximum atomic E-state index is 10.7. The number of nitrogens with one attached hydrogen (secondary N) is 1. The molecule has 0 aliphatic carbocycles. The highest BCUT2D eigenvalue weighted by molar-refractivity contribution is 6.33. The summed E-state index contributed by atoms with van der Waals surface area (Å²) >= 11 is 5.88. The summed E-state index contributed by atoms with van der Waals surface area (Å²) in [5.74, 6) is -0.775. The fourth-order valence-electron chi connectivity index (χ4n) is 1.45. The normalized spacial score (nSPS) is 10.1. The van der Waals surface area contributed by atoms with Crippen molar-refractivity contribution in [3.05, 3.63) is 57.2 Å². The van der Waals surface area contributed by atoms with Gasteiger partial charge in [0.1, 0.15) is 12.0 Å². The van der Waals surface area contributed by atoms with Gasteiger partial charge in [-0.05, 0) is 24.3 Å². The number of nitro groups is 1. The molecule has 0 bridgehead atoms. The van der Waals surface area contributed by atoms with Crippen molar-refractivity contribution in [3.63, 3.8) is 0 Å². The van der Waals surface area contributed by atoms with Crippen molar-refractivity contribution in [2.75, 3.05) is 5.32 Å². The van der Waals surface area contributed by atoms with E-state index in [4.69, 9.17) is 16.7 Å². The molecule has 2 N–H and O–H groups in total. The van der Waals surface area contributed by atoms with E-state index in [2.05, 4.69) is 10.3 Å². The smallest absolute Gasteiger partial charge is 0.335 e. The largest absolute Gasteiger partial charge is 0.478 e. The molecule has 1 aromatic carbocycles. The molecule has 0 radical (unpaired) electrons. The Morgan fingerprint density at radius 2 is 2.00 bits per heavy atom. The van der Waals surface area contributed by atoms with Crippen LogP contribution in [0.5, 0.6) is 0 Å². The van der Waals surface area contributed by atoms with Crippen molar-refractivity contribution in [2.45, 2.75) is 0 Å². The minimum absolute atomic E-state index is 0.0986. The fourth-order valence-corrected chi connectivity index (χ4v) is 1.66. The van der Waals surface area contributed by atoms with Gasteiger partial charge in [-0.2, -0.15) is 0 Å². The Balaban J connectivity index is 2.21. The van der Waals surface area contributed by atoms with Crippen LogP contribution < -0.4 is 5.32 Å². The van der Waals surface area contributed by atoms with Crippen molar-refractivity contribution in [2.24, 2.45) is 0 Å². The second-order valence-electron chi connectivity index (χ2n) is 3.79. The molecule has 1 heterocycles. The standard InChI is InChI=1S/C12H8ClN3O4/c13-10-5-9(16(19)20)6-14-11(10)15-8-3-1-7(2-4-8)12(17)18/h1-6H,(H,14,15)(H,17,18). The summed E-state index contributed by atoms with van der Waals surface area (Å²) in [6.07, 6.45) is 1.08. The average Bonchev–Trinajstić information content (AvgIpc) is 2.41.